The fourth-order valence-corrected chi connectivity index (χ4v) is 3.32. The molecule has 1 aromatic heterocycles. The van der Waals surface area contributed by atoms with Gasteiger partial charge in [0, 0.05) is 31.1 Å². The molecule has 1 aromatic carbocycles. The van der Waals surface area contributed by atoms with Gasteiger partial charge in [0.15, 0.2) is 0 Å². The minimum atomic E-state index is -0.803. The zero-order chi connectivity index (χ0) is 21.0. The van der Waals surface area contributed by atoms with E-state index in [0.29, 0.717) is 24.2 Å². The quantitative estimate of drug-likeness (QED) is 0.334. The summed E-state index contributed by atoms with van der Waals surface area (Å²) in [5, 5.41) is 10.8. The largest absolute Gasteiger partial charge is 0.507 e. The van der Waals surface area contributed by atoms with Crippen molar-refractivity contribution < 1.29 is 23.8 Å². The number of carbonyl (C=O) groups excluding carboxylic acids is 2. The lowest BCUT2D eigenvalue weighted by Gasteiger charge is -2.25. The summed E-state index contributed by atoms with van der Waals surface area (Å²) >= 11 is 0. The highest BCUT2D eigenvalue weighted by Gasteiger charge is 2.45. The minimum absolute atomic E-state index is 0.0161. The number of amides is 1. The minimum Gasteiger partial charge on any atom is -0.507 e. The number of aliphatic hydroxyl groups is 1. The first-order chi connectivity index (χ1) is 13.9. The number of carbonyl (C=O) groups is 2. The molecule has 6 nitrogen and oxygen atoms in total. The Kier molecular flexibility index (Phi) is 6.39. The highest BCUT2D eigenvalue weighted by Crippen LogP contribution is 2.39. The number of Topliss-reactive ketones (excluding diaryl/α,β-unsaturated/α-hetero) is 1. The van der Waals surface area contributed by atoms with Crippen molar-refractivity contribution in [3.63, 3.8) is 0 Å². The van der Waals surface area contributed by atoms with Gasteiger partial charge in [-0.3, -0.25) is 14.6 Å². The first kappa shape index (κ1) is 20.7. The lowest BCUT2D eigenvalue weighted by Crippen LogP contribution is -2.31. The number of ketones is 1. The topological polar surface area (TPSA) is 79.7 Å². The normalized spacial score (nSPS) is 18.6. The third-order valence-electron chi connectivity index (χ3n) is 4.67. The molecular formula is C22H23FN2O4. The Morgan fingerprint density at radius 3 is 2.45 bits per heavy atom. The lowest BCUT2D eigenvalue weighted by atomic mass is 9.95. The van der Waals surface area contributed by atoms with Crippen LogP contribution in [0.4, 0.5) is 4.39 Å². The van der Waals surface area contributed by atoms with Crippen molar-refractivity contribution in [1.82, 2.24) is 9.88 Å². The molecule has 2 heterocycles. The SMILES string of the molecule is CC(C)OCCCN1C(=O)C(=O)/C(=C(\O)c2ccncc2)C1c1ccc(F)cc1. The summed E-state index contributed by atoms with van der Waals surface area (Å²) in [4.78, 5) is 30.8. The third kappa shape index (κ3) is 4.51. The fraction of sp³-hybridized carbons (Fsp3) is 0.318. The Morgan fingerprint density at radius 2 is 1.83 bits per heavy atom. The Bertz CT molecular complexity index is 910. The van der Waals surface area contributed by atoms with Crippen LogP contribution in [0, 0.1) is 5.82 Å². The van der Waals surface area contributed by atoms with E-state index in [9.17, 15) is 19.1 Å². The van der Waals surface area contributed by atoms with E-state index in [2.05, 4.69) is 4.98 Å². The number of benzene rings is 1. The second-order valence-corrected chi connectivity index (χ2v) is 7.05. The Morgan fingerprint density at radius 1 is 1.17 bits per heavy atom. The van der Waals surface area contributed by atoms with Crippen molar-refractivity contribution in [1.29, 1.82) is 0 Å². The number of likely N-dealkylation sites (tertiary alicyclic amines) is 1. The molecule has 7 heteroatoms. The van der Waals surface area contributed by atoms with Gasteiger partial charge in [-0.25, -0.2) is 4.39 Å². The number of halogens is 1. The summed E-state index contributed by atoms with van der Waals surface area (Å²) in [5.74, 6) is -2.16. The van der Waals surface area contributed by atoms with Crippen molar-refractivity contribution in [3.8, 4) is 0 Å². The number of nitrogens with zero attached hydrogens (tertiary/aromatic N) is 2. The van der Waals surface area contributed by atoms with Crippen LogP contribution in [0.5, 0.6) is 0 Å². The van der Waals surface area contributed by atoms with Crippen LogP contribution in [0.25, 0.3) is 5.76 Å². The molecule has 1 amide bonds. The standard InChI is InChI=1S/C22H23FN2O4/c1-14(2)29-13-3-12-25-19(15-4-6-17(23)7-5-15)18(21(27)22(25)28)20(26)16-8-10-24-11-9-16/h4-11,14,19,26H,3,12-13H2,1-2H3/b20-18-. The van der Waals surface area contributed by atoms with E-state index in [1.54, 1.807) is 12.1 Å². The van der Waals surface area contributed by atoms with Gasteiger partial charge in [-0.05, 0) is 50.1 Å². The van der Waals surface area contributed by atoms with Gasteiger partial charge in [-0.1, -0.05) is 12.1 Å². The van der Waals surface area contributed by atoms with Crippen LogP contribution in [-0.4, -0.2) is 45.9 Å². The van der Waals surface area contributed by atoms with Crippen molar-refractivity contribution in [2.24, 2.45) is 0 Å². The van der Waals surface area contributed by atoms with Crippen molar-refractivity contribution in [2.45, 2.75) is 32.4 Å². The second-order valence-electron chi connectivity index (χ2n) is 7.05. The van der Waals surface area contributed by atoms with E-state index in [4.69, 9.17) is 4.74 Å². The van der Waals surface area contributed by atoms with E-state index in [1.165, 1.54) is 41.6 Å². The number of aromatic nitrogens is 1. The molecule has 2 aromatic rings. The molecule has 0 spiro atoms. The molecule has 1 aliphatic heterocycles. The summed E-state index contributed by atoms with van der Waals surface area (Å²) in [6, 6.07) is 7.88. The monoisotopic (exact) mass is 398 g/mol. The zero-order valence-corrected chi connectivity index (χ0v) is 16.3. The lowest BCUT2D eigenvalue weighted by molar-refractivity contribution is -0.140. The molecule has 0 aliphatic carbocycles. The Balaban J connectivity index is 2.00. The van der Waals surface area contributed by atoms with Crippen LogP contribution >= 0.6 is 0 Å². The Hall–Kier alpha value is -3.06. The highest BCUT2D eigenvalue weighted by atomic mass is 19.1. The smallest absolute Gasteiger partial charge is 0.295 e. The molecule has 152 valence electrons. The average Bonchev–Trinajstić information content (AvgIpc) is 2.96. The third-order valence-corrected chi connectivity index (χ3v) is 4.67. The van der Waals surface area contributed by atoms with Crippen LogP contribution < -0.4 is 0 Å². The number of pyridine rings is 1. The molecule has 0 saturated carbocycles. The first-order valence-electron chi connectivity index (χ1n) is 9.46. The molecule has 1 unspecified atom stereocenters. The predicted octanol–water partition coefficient (Wildman–Crippen LogP) is 3.46. The average molecular weight is 398 g/mol. The first-order valence-corrected chi connectivity index (χ1v) is 9.46. The van der Waals surface area contributed by atoms with Gasteiger partial charge >= 0.3 is 0 Å². The molecule has 1 aliphatic rings. The zero-order valence-electron chi connectivity index (χ0n) is 16.3. The summed E-state index contributed by atoms with van der Waals surface area (Å²) in [6.07, 6.45) is 3.56. The molecule has 1 atom stereocenters. The molecular weight excluding hydrogens is 375 g/mol. The van der Waals surface area contributed by atoms with E-state index in [1.807, 2.05) is 13.8 Å². The molecule has 0 radical (unpaired) electrons. The Labute approximate surface area is 168 Å². The van der Waals surface area contributed by atoms with Gasteiger partial charge in [-0.15, -0.1) is 0 Å². The number of hydrogen-bond donors (Lipinski definition) is 1. The van der Waals surface area contributed by atoms with Crippen LogP contribution in [0.3, 0.4) is 0 Å². The second kappa shape index (κ2) is 8.96. The van der Waals surface area contributed by atoms with Gasteiger partial charge in [0.2, 0.25) is 0 Å². The van der Waals surface area contributed by atoms with Crippen LogP contribution in [0.1, 0.15) is 37.4 Å². The highest BCUT2D eigenvalue weighted by molar-refractivity contribution is 6.46. The molecule has 3 rings (SSSR count). The van der Waals surface area contributed by atoms with E-state index in [0.717, 1.165) is 0 Å². The summed E-state index contributed by atoms with van der Waals surface area (Å²) in [6.45, 7) is 4.53. The predicted molar refractivity (Wildman–Crippen MR) is 105 cm³/mol. The van der Waals surface area contributed by atoms with Crippen LogP contribution in [-0.2, 0) is 14.3 Å². The van der Waals surface area contributed by atoms with Crippen LogP contribution in [0.15, 0.2) is 54.4 Å². The van der Waals surface area contributed by atoms with E-state index in [-0.39, 0.29) is 24.0 Å². The maximum absolute atomic E-state index is 13.4. The van der Waals surface area contributed by atoms with Crippen molar-refractivity contribution in [2.75, 3.05) is 13.2 Å². The van der Waals surface area contributed by atoms with Crippen LogP contribution in [0.2, 0.25) is 0 Å². The van der Waals surface area contributed by atoms with Crippen molar-refractivity contribution >= 4 is 17.4 Å². The van der Waals surface area contributed by atoms with Gasteiger partial charge in [-0.2, -0.15) is 0 Å². The number of aliphatic hydroxyl groups excluding tert-OH is 1. The van der Waals surface area contributed by atoms with Gasteiger partial charge in [0.05, 0.1) is 17.7 Å². The summed E-state index contributed by atoms with van der Waals surface area (Å²) < 4.78 is 19.0. The van der Waals surface area contributed by atoms with E-state index >= 15 is 0 Å². The van der Waals surface area contributed by atoms with Gasteiger partial charge in [0.25, 0.3) is 11.7 Å². The van der Waals surface area contributed by atoms with Gasteiger partial charge in [0.1, 0.15) is 11.6 Å². The number of hydrogen-bond acceptors (Lipinski definition) is 5. The summed E-state index contributed by atoms with van der Waals surface area (Å²) in [5.41, 5.74) is 0.914. The molecule has 1 saturated heterocycles. The molecule has 29 heavy (non-hydrogen) atoms. The maximum Gasteiger partial charge on any atom is 0.295 e. The number of rotatable bonds is 7. The molecule has 0 bridgehead atoms. The molecule has 1 N–H and O–H groups in total. The van der Waals surface area contributed by atoms with Gasteiger partial charge < -0.3 is 14.7 Å². The van der Waals surface area contributed by atoms with E-state index < -0.39 is 23.5 Å². The maximum atomic E-state index is 13.4. The fourth-order valence-electron chi connectivity index (χ4n) is 3.32. The number of ether oxygens (including phenoxy) is 1. The van der Waals surface area contributed by atoms with Crippen molar-refractivity contribution in [3.05, 3.63) is 71.3 Å². The molecule has 1 fully saturated rings. The summed E-state index contributed by atoms with van der Waals surface area (Å²) in [7, 11) is 0.